The van der Waals surface area contributed by atoms with E-state index < -0.39 is 0 Å². The van der Waals surface area contributed by atoms with Gasteiger partial charge in [-0.1, -0.05) is 50.2 Å². The standard InChI is InChI=1S/C17H19NO/c1-11(2)13-7-9-14(10-8-13)17(19)16-12(3)5-4-6-15(16)18/h4-11H,18H2,1-3H3. The van der Waals surface area contributed by atoms with Gasteiger partial charge in [0.05, 0.1) is 0 Å². The molecule has 0 saturated carbocycles. The minimum absolute atomic E-state index is 0.00842. The molecule has 0 fully saturated rings. The van der Waals surface area contributed by atoms with Crippen molar-refractivity contribution in [2.75, 3.05) is 5.73 Å². The Morgan fingerprint density at radius 2 is 1.68 bits per heavy atom. The normalized spacial score (nSPS) is 10.7. The number of aryl methyl sites for hydroxylation is 1. The molecule has 0 aromatic heterocycles. The third-order valence-electron chi connectivity index (χ3n) is 3.37. The Morgan fingerprint density at radius 1 is 1.05 bits per heavy atom. The van der Waals surface area contributed by atoms with Gasteiger partial charge in [-0.2, -0.15) is 0 Å². The maximum atomic E-state index is 12.5. The molecule has 0 saturated heterocycles. The quantitative estimate of drug-likeness (QED) is 0.665. The highest BCUT2D eigenvalue weighted by Gasteiger charge is 2.14. The Labute approximate surface area is 114 Å². The third kappa shape index (κ3) is 2.68. The summed E-state index contributed by atoms with van der Waals surface area (Å²) in [6.45, 7) is 6.18. The Morgan fingerprint density at radius 3 is 2.21 bits per heavy atom. The van der Waals surface area contributed by atoms with Gasteiger partial charge in [-0.15, -0.1) is 0 Å². The zero-order valence-corrected chi connectivity index (χ0v) is 11.6. The molecule has 2 nitrogen and oxygen atoms in total. The zero-order valence-electron chi connectivity index (χ0n) is 11.6. The van der Waals surface area contributed by atoms with E-state index in [-0.39, 0.29) is 5.78 Å². The molecule has 2 N–H and O–H groups in total. The van der Waals surface area contributed by atoms with E-state index in [2.05, 4.69) is 13.8 Å². The number of benzene rings is 2. The van der Waals surface area contributed by atoms with E-state index in [4.69, 9.17) is 5.73 Å². The van der Waals surface area contributed by atoms with Crippen LogP contribution in [0.4, 0.5) is 5.69 Å². The van der Waals surface area contributed by atoms with Crippen molar-refractivity contribution in [2.45, 2.75) is 26.7 Å². The van der Waals surface area contributed by atoms with Crippen molar-refractivity contribution in [1.29, 1.82) is 0 Å². The zero-order chi connectivity index (χ0) is 14.0. The summed E-state index contributed by atoms with van der Waals surface area (Å²) in [5.41, 5.74) is 9.90. The van der Waals surface area contributed by atoms with Crippen LogP contribution in [-0.2, 0) is 0 Å². The van der Waals surface area contributed by atoms with Crippen LogP contribution in [0.15, 0.2) is 42.5 Å². The van der Waals surface area contributed by atoms with Crippen molar-refractivity contribution < 1.29 is 4.79 Å². The summed E-state index contributed by atoms with van der Waals surface area (Å²) in [5.74, 6) is 0.457. The lowest BCUT2D eigenvalue weighted by molar-refractivity contribution is 0.103. The van der Waals surface area contributed by atoms with Gasteiger partial charge in [0.25, 0.3) is 0 Å². The van der Waals surface area contributed by atoms with Crippen LogP contribution in [0.2, 0.25) is 0 Å². The molecule has 0 bridgehead atoms. The van der Waals surface area contributed by atoms with Gasteiger partial charge in [-0.25, -0.2) is 0 Å². The first-order chi connectivity index (χ1) is 9.00. The van der Waals surface area contributed by atoms with Gasteiger partial charge in [0, 0.05) is 16.8 Å². The Hall–Kier alpha value is -2.09. The topological polar surface area (TPSA) is 43.1 Å². The van der Waals surface area contributed by atoms with E-state index in [0.717, 1.165) is 5.56 Å². The van der Waals surface area contributed by atoms with Crippen molar-refractivity contribution in [3.05, 3.63) is 64.7 Å². The Kier molecular flexibility index (Phi) is 3.70. The van der Waals surface area contributed by atoms with E-state index in [0.29, 0.717) is 22.7 Å². The first kappa shape index (κ1) is 13.3. The van der Waals surface area contributed by atoms with Crippen molar-refractivity contribution in [2.24, 2.45) is 0 Å². The highest BCUT2D eigenvalue weighted by Crippen LogP contribution is 2.22. The molecule has 0 unspecified atom stereocenters. The number of ketones is 1. The van der Waals surface area contributed by atoms with Gasteiger partial charge in [0.2, 0.25) is 0 Å². The minimum atomic E-state index is -0.00842. The molecule has 19 heavy (non-hydrogen) atoms. The van der Waals surface area contributed by atoms with Crippen LogP contribution < -0.4 is 5.73 Å². The van der Waals surface area contributed by atoms with Crippen molar-refractivity contribution >= 4 is 11.5 Å². The lowest BCUT2D eigenvalue weighted by atomic mass is 9.95. The number of nitrogens with two attached hydrogens (primary N) is 1. The molecule has 0 spiro atoms. The van der Waals surface area contributed by atoms with Gasteiger partial charge in [0.1, 0.15) is 0 Å². The van der Waals surface area contributed by atoms with Crippen LogP contribution in [0.5, 0.6) is 0 Å². The van der Waals surface area contributed by atoms with E-state index in [1.807, 2.05) is 43.3 Å². The molecule has 98 valence electrons. The highest BCUT2D eigenvalue weighted by molar-refractivity contribution is 6.13. The van der Waals surface area contributed by atoms with E-state index in [9.17, 15) is 4.79 Å². The maximum Gasteiger partial charge on any atom is 0.195 e. The number of carbonyl (C=O) groups excluding carboxylic acids is 1. The van der Waals surface area contributed by atoms with E-state index >= 15 is 0 Å². The van der Waals surface area contributed by atoms with Crippen LogP contribution in [-0.4, -0.2) is 5.78 Å². The summed E-state index contributed by atoms with van der Waals surface area (Å²) in [6.07, 6.45) is 0. The second kappa shape index (κ2) is 5.27. The number of hydrogen-bond acceptors (Lipinski definition) is 2. The second-order valence-electron chi connectivity index (χ2n) is 5.14. The number of carbonyl (C=O) groups is 1. The van der Waals surface area contributed by atoms with Crippen LogP contribution >= 0.6 is 0 Å². The van der Waals surface area contributed by atoms with Crippen molar-refractivity contribution in [1.82, 2.24) is 0 Å². The van der Waals surface area contributed by atoms with Crippen molar-refractivity contribution in [3.8, 4) is 0 Å². The molecule has 0 aliphatic heterocycles. The fraction of sp³-hybridized carbons (Fsp3) is 0.235. The average Bonchev–Trinajstić information content (AvgIpc) is 2.38. The highest BCUT2D eigenvalue weighted by atomic mass is 16.1. The number of nitrogen functional groups attached to an aromatic ring is 1. The lowest BCUT2D eigenvalue weighted by Gasteiger charge is -2.10. The summed E-state index contributed by atoms with van der Waals surface area (Å²) in [5, 5.41) is 0. The SMILES string of the molecule is Cc1cccc(N)c1C(=O)c1ccc(C(C)C)cc1. The summed E-state index contributed by atoms with van der Waals surface area (Å²) in [4.78, 5) is 12.5. The summed E-state index contributed by atoms with van der Waals surface area (Å²) in [6, 6.07) is 13.3. The molecular weight excluding hydrogens is 234 g/mol. The summed E-state index contributed by atoms with van der Waals surface area (Å²) < 4.78 is 0. The molecule has 2 rings (SSSR count). The molecule has 0 atom stereocenters. The van der Waals surface area contributed by atoms with Gasteiger partial charge >= 0.3 is 0 Å². The molecule has 0 radical (unpaired) electrons. The van der Waals surface area contributed by atoms with Crippen molar-refractivity contribution in [3.63, 3.8) is 0 Å². The van der Waals surface area contributed by atoms with Crippen LogP contribution in [0, 0.1) is 6.92 Å². The molecule has 2 heteroatoms. The molecule has 2 aromatic carbocycles. The van der Waals surface area contributed by atoms with Crippen LogP contribution in [0.1, 0.15) is 46.8 Å². The summed E-state index contributed by atoms with van der Waals surface area (Å²) in [7, 11) is 0. The largest absolute Gasteiger partial charge is 0.398 e. The predicted molar refractivity (Wildman–Crippen MR) is 79.6 cm³/mol. The van der Waals surface area contributed by atoms with Gasteiger partial charge in [-0.05, 0) is 30.0 Å². The number of rotatable bonds is 3. The number of hydrogen-bond donors (Lipinski definition) is 1. The van der Waals surface area contributed by atoms with Gasteiger partial charge < -0.3 is 5.73 Å². The molecule has 0 aliphatic rings. The molecule has 0 aliphatic carbocycles. The maximum absolute atomic E-state index is 12.5. The van der Waals surface area contributed by atoms with E-state index in [1.165, 1.54) is 5.56 Å². The second-order valence-corrected chi connectivity index (χ2v) is 5.14. The Bertz CT molecular complexity index is 577. The first-order valence-electron chi connectivity index (χ1n) is 6.50. The minimum Gasteiger partial charge on any atom is -0.398 e. The predicted octanol–water partition coefficient (Wildman–Crippen LogP) is 3.93. The van der Waals surface area contributed by atoms with Crippen LogP contribution in [0.3, 0.4) is 0 Å². The molecular formula is C17H19NO. The summed E-state index contributed by atoms with van der Waals surface area (Å²) >= 11 is 0. The fourth-order valence-corrected chi connectivity index (χ4v) is 2.16. The Balaban J connectivity index is 2.39. The van der Waals surface area contributed by atoms with Crippen LogP contribution in [0.25, 0.3) is 0 Å². The first-order valence-corrected chi connectivity index (χ1v) is 6.50. The van der Waals surface area contributed by atoms with Gasteiger partial charge in [0.15, 0.2) is 5.78 Å². The van der Waals surface area contributed by atoms with E-state index in [1.54, 1.807) is 6.07 Å². The number of anilines is 1. The molecule has 2 aromatic rings. The molecule has 0 heterocycles. The average molecular weight is 253 g/mol. The van der Waals surface area contributed by atoms with Gasteiger partial charge in [-0.3, -0.25) is 4.79 Å². The molecule has 0 amide bonds. The smallest absolute Gasteiger partial charge is 0.195 e. The monoisotopic (exact) mass is 253 g/mol. The fourth-order valence-electron chi connectivity index (χ4n) is 2.16. The lowest BCUT2D eigenvalue weighted by Crippen LogP contribution is -2.07. The third-order valence-corrected chi connectivity index (χ3v) is 3.37.